The van der Waals surface area contributed by atoms with E-state index in [4.69, 9.17) is 10.5 Å². The molecule has 1 aliphatic heterocycles. The van der Waals surface area contributed by atoms with Crippen LogP contribution in [-0.4, -0.2) is 37.1 Å². The summed E-state index contributed by atoms with van der Waals surface area (Å²) in [5.74, 6) is 2.25. The second-order valence-corrected chi connectivity index (χ2v) is 5.59. The minimum atomic E-state index is 0. The molecule has 1 aromatic rings. The maximum atomic E-state index is 6.03. The lowest BCUT2D eigenvalue weighted by Crippen LogP contribution is -2.43. The van der Waals surface area contributed by atoms with Crippen LogP contribution >= 0.6 is 24.0 Å². The van der Waals surface area contributed by atoms with Gasteiger partial charge in [0.05, 0.1) is 6.54 Å². The second-order valence-electron chi connectivity index (χ2n) is 5.59. The molecule has 2 N–H and O–H groups in total. The molecule has 1 atom stereocenters. The highest BCUT2D eigenvalue weighted by molar-refractivity contribution is 14.0. The summed E-state index contributed by atoms with van der Waals surface area (Å²) >= 11 is 0. The lowest BCUT2D eigenvalue weighted by molar-refractivity contribution is 0.269. The average molecular weight is 403 g/mol. The van der Waals surface area contributed by atoms with Crippen LogP contribution in [-0.2, 0) is 0 Å². The van der Waals surface area contributed by atoms with Crippen LogP contribution in [0, 0.1) is 12.8 Å². The molecule has 1 aliphatic rings. The first kappa shape index (κ1) is 18.1. The number of aryl methyl sites for hydroxylation is 1. The van der Waals surface area contributed by atoms with Crippen molar-refractivity contribution in [1.82, 2.24) is 4.90 Å². The molecule has 118 valence electrons. The molecule has 1 fully saturated rings. The summed E-state index contributed by atoms with van der Waals surface area (Å²) in [4.78, 5) is 6.59. The molecular weight excluding hydrogens is 377 g/mol. The van der Waals surface area contributed by atoms with E-state index >= 15 is 0 Å². The van der Waals surface area contributed by atoms with Crippen molar-refractivity contribution >= 4 is 29.9 Å². The summed E-state index contributed by atoms with van der Waals surface area (Å²) in [6.07, 6.45) is 2.50. The Hall–Kier alpha value is -0.980. The molecule has 0 aliphatic carbocycles. The van der Waals surface area contributed by atoms with Crippen LogP contribution in [0.3, 0.4) is 0 Å². The minimum absolute atomic E-state index is 0. The van der Waals surface area contributed by atoms with Gasteiger partial charge in [-0.3, -0.25) is 0 Å². The summed E-state index contributed by atoms with van der Waals surface area (Å²) in [7, 11) is 0. The summed E-state index contributed by atoms with van der Waals surface area (Å²) in [5.41, 5.74) is 7.27. The van der Waals surface area contributed by atoms with Gasteiger partial charge in [-0.15, -0.1) is 24.0 Å². The number of likely N-dealkylation sites (tertiary alicyclic amines) is 1. The Morgan fingerprint density at radius 1 is 1.38 bits per heavy atom. The van der Waals surface area contributed by atoms with Crippen LogP contribution in [0.5, 0.6) is 5.75 Å². The van der Waals surface area contributed by atoms with Crippen molar-refractivity contribution < 1.29 is 4.74 Å². The third-order valence-electron chi connectivity index (χ3n) is 3.64. The molecule has 2 rings (SSSR count). The quantitative estimate of drug-likeness (QED) is 0.364. The Morgan fingerprint density at radius 2 is 2.10 bits per heavy atom. The van der Waals surface area contributed by atoms with Gasteiger partial charge in [0, 0.05) is 13.1 Å². The van der Waals surface area contributed by atoms with Crippen molar-refractivity contribution in [1.29, 1.82) is 0 Å². The molecule has 0 spiro atoms. The van der Waals surface area contributed by atoms with Crippen LogP contribution in [0.1, 0.15) is 25.3 Å². The second kappa shape index (κ2) is 9.12. The lowest BCUT2D eigenvalue weighted by atomic mass is 10.0. The van der Waals surface area contributed by atoms with Crippen molar-refractivity contribution in [3.05, 3.63) is 29.8 Å². The van der Waals surface area contributed by atoms with E-state index in [1.54, 1.807) is 0 Å². The van der Waals surface area contributed by atoms with E-state index in [0.717, 1.165) is 18.8 Å². The largest absolute Gasteiger partial charge is 0.492 e. The Balaban J connectivity index is 0.00000220. The van der Waals surface area contributed by atoms with Gasteiger partial charge < -0.3 is 15.4 Å². The summed E-state index contributed by atoms with van der Waals surface area (Å²) in [6, 6.07) is 8.05. The lowest BCUT2D eigenvalue weighted by Gasteiger charge is -2.31. The zero-order valence-electron chi connectivity index (χ0n) is 12.9. The summed E-state index contributed by atoms with van der Waals surface area (Å²) in [6.45, 7) is 7.54. The Labute approximate surface area is 144 Å². The predicted octanol–water partition coefficient (Wildman–Crippen LogP) is 3.04. The van der Waals surface area contributed by atoms with Crippen LogP contribution in [0.4, 0.5) is 0 Å². The fraction of sp³-hybridized carbons (Fsp3) is 0.562. The van der Waals surface area contributed by atoms with E-state index in [9.17, 15) is 0 Å². The topological polar surface area (TPSA) is 50.9 Å². The number of piperidine rings is 1. The molecule has 1 unspecified atom stereocenters. The number of hydrogen-bond acceptors (Lipinski definition) is 2. The van der Waals surface area contributed by atoms with Gasteiger partial charge in [0.1, 0.15) is 12.4 Å². The SMILES string of the molecule is Cc1ccc(OCCN=C(N)N2CCCC(C)C2)cc1.I. The molecular formula is C16H26IN3O. The first-order valence-corrected chi connectivity index (χ1v) is 7.39. The van der Waals surface area contributed by atoms with Crippen molar-refractivity contribution in [2.75, 3.05) is 26.2 Å². The number of hydrogen-bond donors (Lipinski definition) is 1. The first-order valence-electron chi connectivity index (χ1n) is 7.39. The van der Waals surface area contributed by atoms with E-state index < -0.39 is 0 Å². The zero-order chi connectivity index (χ0) is 14.4. The standard InChI is InChI=1S/C16H25N3O.HI/c1-13-5-7-15(8-6-13)20-11-9-18-16(17)19-10-3-4-14(2)12-19;/h5-8,14H,3-4,9-12H2,1-2H3,(H2,17,18);1H. The van der Waals surface area contributed by atoms with Crippen LogP contribution in [0.15, 0.2) is 29.3 Å². The van der Waals surface area contributed by atoms with Gasteiger partial charge in [-0.2, -0.15) is 0 Å². The molecule has 4 nitrogen and oxygen atoms in total. The minimum Gasteiger partial charge on any atom is -0.492 e. The number of aliphatic imine (C=N–C) groups is 1. The first-order chi connectivity index (χ1) is 9.65. The van der Waals surface area contributed by atoms with Gasteiger partial charge in [0.2, 0.25) is 0 Å². The number of nitrogens with zero attached hydrogens (tertiary/aromatic N) is 2. The molecule has 0 saturated carbocycles. The summed E-state index contributed by atoms with van der Waals surface area (Å²) in [5, 5.41) is 0. The molecule has 1 aromatic carbocycles. The molecule has 1 saturated heterocycles. The van der Waals surface area contributed by atoms with Crippen molar-refractivity contribution in [3.63, 3.8) is 0 Å². The number of benzene rings is 1. The molecule has 1 heterocycles. The van der Waals surface area contributed by atoms with Gasteiger partial charge in [0.25, 0.3) is 0 Å². The number of nitrogens with two attached hydrogens (primary N) is 1. The Morgan fingerprint density at radius 3 is 2.76 bits per heavy atom. The van der Waals surface area contributed by atoms with E-state index in [1.807, 2.05) is 24.3 Å². The maximum absolute atomic E-state index is 6.03. The highest BCUT2D eigenvalue weighted by atomic mass is 127. The molecule has 21 heavy (non-hydrogen) atoms. The fourth-order valence-electron chi connectivity index (χ4n) is 2.46. The molecule has 5 heteroatoms. The average Bonchev–Trinajstić information content (AvgIpc) is 2.45. The third kappa shape index (κ3) is 6.11. The normalized spacial score (nSPS) is 19.0. The van der Waals surface area contributed by atoms with Gasteiger partial charge in [-0.1, -0.05) is 24.6 Å². The number of guanidine groups is 1. The Kier molecular flexibility index (Phi) is 7.85. The molecule has 0 bridgehead atoms. The van der Waals surface area contributed by atoms with Crippen LogP contribution in [0.25, 0.3) is 0 Å². The van der Waals surface area contributed by atoms with Crippen LogP contribution in [0.2, 0.25) is 0 Å². The maximum Gasteiger partial charge on any atom is 0.191 e. The Bertz CT molecular complexity index is 447. The number of rotatable bonds is 4. The van der Waals surface area contributed by atoms with Gasteiger partial charge in [0.15, 0.2) is 5.96 Å². The zero-order valence-corrected chi connectivity index (χ0v) is 15.2. The predicted molar refractivity (Wildman–Crippen MR) is 98.5 cm³/mol. The molecule has 0 radical (unpaired) electrons. The van der Waals surface area contributed by atoms with E-state index in [1.165, 1.54) is 18.4 Å². The molecule has 0 amide bonds. The van der Waals surface area contributed by atoms with E-state index in [0.29, 0.717) is 25.0 Å². The van der Waals surface area contributed by atoms with Crippen molar-refractivity contribution in [3.8, 4) is 5.75 Å². The highest BCUT2D eigenvalue weighted by Crippen LogP contribution is 2.15. The third-order valence-corrected chi connectivity index (χ3v) is 3.64. The fourth-order valence-corrected chi connectivity index (χ4v) is 2.46. The van der Waals surface area contributed by atoms with E-state index in [2.05, 4.69) is 23.7 Å². The van der Waals surface area contributed by atoms with Gasteiger partial charge >= 0.3 is 0 Å². The highest BCUT2D eigenvalue weighted by Gasteiger charge is 2.17. The number of halogens is 1. The van der Waals surface area contributed by atoms with Crippen molar-refractivity contribution in [2.24, 2.45) is 16.6 Å². The monoisotopic (exact) mass is 403 g/mol. The number of ether oxygens (including phenoxy) is 1. The van der Waals surface area contributed by atoms with Crippen molar-refractivity contribution in [2.45, 2.75) is 26.7 Å². The van der Waals surface area contributed by atoms with Gasteiger partial charge in [-0.25, -0.2) is 4.99 Å². The summed E-state index contributed by atoms with van der Waals surface area (Å²) < 4.78 is 5.64. The van der Waals surface area contributed by atoms with E-state index in [-0.39, 0.29) is 24.0 Å². The molecule has 0 aromatic heterocycles. The van der Waals surface area contributed by atoms with Crippen LogP contribution < -0.4 is 10.5 Å². The van der Waals surface area contributed by atoms with Gasteiger partial charge in [-0.05, 0) is 37.8 Å². The smallest absolute Gasteiger partial charge is 0.191 e.